The Labute approximate surface area is 206 Å². The average Bonchev–Trinajstić information content (AvgIpc) is 3.27. The molecular weight excluding hydrogens is 479 g/mol. The molecule has 1 unspecified atom stereocenters. The van der Waals surface area contributed by atoms with Crippen molar-refractivity contribution in [2.45, 2.75) is 25.3 Å². The first kappa shape index (κ1) is 22.6. The summed E-state index contributed by atoms with van der Waals surface area (Å²) in [4.78, 5) is 17.9. The number of halogens is 2. The lowest BCUT2D eigenvalue weighted by molar-refractivity contribution is -0.116. The molecule has 2 heterocycles. The molecule has 0 saturated heterocycles. The average molecular weight is 501 g/mol. The zero-order chi connectivity index (χ0) is 24.0. The quantitative estimate of drug-likeness (QED) is 0.508. The maximum atomic E-state index is 13.2. The Morgan fingerprint density at radius 1 is 0.971 bits per heavy atom. The molecule has 176 valence electrons. The van der Waals surface area contributed by atoms with Crippen molar-refractivity contribution in [1.82, 2.24) is 14.8 Å². The van der Waals surface area contributed by atoms with Crippen molar-refractivity contribution in [3.8, 4) is 28.6 Å². The summed E-state index contributed by atoms with van der Waals surface area (Å²) in [6, 6.07) is 8.24. The van der Waals surface area contributed by atoms with Crippen LogP contribution in [0.4, 0.5) is 5.95 Å². The summed E-state index contributed by atoms with van der Waals surface area (Å²) in [5.74, 6) is 2.64. The predicted octanol–water partition coefficient (Wildman–Crippen LogP) is 5.30. The lowest BCUT2D eigenvalue weighted by Gasteiger charge is -2.33. The highest BCUT2D eigenvalue weighted by Gasteiger charge is 2.39. The highest BCUT2D eigenvalue weighted by molar-refractivity contribution is 6.42. The van der Waals surface area contributed by atoms with Crippen molar-refractivity contribution in [1.29, 1.82) is 0 Å². The van der Waals surface area contributed by atoms with Crippen LogP contribution in [0.1, 0.15) is 30.9 Å². The van der Waals surface area contributed by atoms with Gasteiger partial charge >= 0.3 is 0 Å². The summed E-state index contributed by atoms with van der Waals surface area (Å²) in [5.41, 5.74) is 2.92. The fraction of sp³-hybridized carbons (Fsp3) is 0.292. The molecule has 1 aliphatic heterocycles. The molecule has 0 radical (unpaired) electrons. The first-order valence-electron chi connectivity index (χ1n) is 10.7. The van der Waals surface area contributed by atoms with Gasteiger partial charge in [0, 0.05) is 34.9 Å². The molecule has 1 N–H and O–H groups in total. The van der Waals surface area contributed by atoms with E-state index in [2.05, 4.69) is 5.32 Å². The van der Waals surface area contributed by atoms with Gasteiger partial charge in [-0.1, -0.05) is 23.2 Å². The maximum absolute atomic E-state index is 13.2. The summed E-state index contributed by atoms with van der Waals surface area (Å²) in [6.45, 7) is 0. The van der Waals surface area contributed by atoms with Crippen LogP contribution in [-0.4, -0.2) is 41.9 Å². The molecule has 1 aliphatic carbocycles. The standard InChI is InChI=1S/C24H22Cl2N4O4/c1-32-18-11-20(34-3)19(33-2)10-13(18)22-21-16(5-4-6-17(21)31)27-24-28-23(29-30(22)24)12-7-8-14(25)15(26)9-12/h7-11,22H,4-6H2,1-3H3,(H,27,28,29). The van der Waals surface area contributed by atoms with Gasteiger partial charge in [0.2, 0.25) is 5.95 Å². The Kier molecular flexibility index (Phi) is 5.87. The second kappa shape index (κ2) is 8.85. The number of methoxy groups -OCH3 is 3. The number of nitrogens with one attached hydrogen (secondary N) is 1. The van der Waals surface area contributed by atoms with E-state index < -0.39 is 6.04 Å². The van der Waals surface area contributed by atoms with Gasteiger partial charge in [-0.15, -0.1) is 5.10 Å². The van der Waals surface area contributed by atoms with Crippen LogP contribution >= 0.6 is 23.2 Å². The first-order chi connectivity index (χ1) is 16.4. The van der Waals surface area contributed by atoms with E-state index in [1.165, 1.54) is 0 Å². The van der Waals surface area contributed by atoms with E-state index in [4.69, 9.17) is 47.5 Å². The summed E-state index contributed by atoms with van der Waals surface area (Å²) in [7, 11) is 4.70. The Morgan fingerprint density at radius 2 is 1.71 bits per heavy atom. The molecule has 2 aromatic carbocycles. The Hall–Kier alpha value is -3.23. The van der Waals surface area contributed by atoms with Crippen LogP contribution in [0.15, 0.2) is 41.6 Å². The number of aromatic nitrogens is 3. The summed E-state index contributed by atoms with van der Waals surface area (Å²) >= 11 is 12.3. The third-order valence-electron chi connectivity index (χ3n) is 6.08. The van der Waals surface area contributed by atoms with Gasteiger partial charge < -0.3 is 19.5 Å². The third-order valence-corrected chi connectivity index (χ3v) is 6.82. The Balaban J connectivity index is 1.73. The Bertz CT molecular complexity index is 1330. The normalized spacial score (nSPS) is 17.1. The van der Waals surface area contributed by atoms with E-state index in [-0.39, 0.29) is 5.78 Å². The maximum Gasteiger partial charge on any atom is 0.226 e. The minimum Gasteiger partial charge on any atom is -0.496 e. The number of hydrogen-bond donors (Lipinski definition) is 1. The third kappa shape index (κ3) is 3.67. The number of carbonyl (C=O) groups is 1. The number of ketones is 1. The van der Waals surface area contributed by atoms with E-state index in [1.807, 2.05) is 6.07 Å². The van der Waals surface area contributed by atoms with Crippen LogP contribution < -0.4 is 19.5 Å². The summed E-state index contributed by atoms with van der Waals surface area (Å²) in [6.07, 6.45) is 1.98. The number of Topliss-reactive ketones (excluding diaryl/α,β-unsaturated/α-hetero) is 1. The zero-order valence-electron chi connectivity index (χ0n) is 18.8. The topological polar surface area (TPSA) is 87.5 Å². The van der Waals surface area contributed by atoms with Crippen LogP contribution in [-0.2, 0) is 4.79 Å². The number of benzene rings is 2. The van der Waals surface area contributed by atoms with Crippen LogP contribution in [0.5, 0.6) is 17.2 Å². The number of carbonyl (C=O) groups excluding carboxylic acids is 1. The van der Waals surface area contributed by atoms with Gasteiger partial charge in [-0.2, -0.15) is 4.98 Å². The lowest BCUT2D eigenvalue weighted by Crippen LogP contribution is -2.31. The fourth-order valence-corrected chi connectivity index (χ4v) is 4.77. The summed E-state index contributed by atoms with van der Waals surface area (Å²) < 4.78 is 18.4. The molecular formula is C24H22Cl2N4O4. The van der Waals surface area contributed by atoms with E-state index in [0.717, 1.165) is 24.1 Å². The lowest BCUT2D eigenvalue weighted by atomic mass is 9.85. The highest BCUT2D eigenvalue weighted by atomic mass is 35.5. The van der Waals surface area contributed by atoms with E-state index in [1.54, 1.807) is 50.3 Å². The number of ether oxygens (including phenoxy) is 3. The van der Waals surface area contributed by atoms with Gasteiger partial charge in [-0.3, -0.25) is 4.79 Å². The summed E-state index contributed by atoms with van der Waals surface area (Å²) in [5, 5.41) is 8.96. The van der Waals surface area contributed by atoms with E-state index in [9.17, 15) is 4.79 Å². The molecule has 8 nitrogen and oxygen atoms in total. The second-order valence-corrected chi connectivity index (χ2v) is 8.79. The Morgan fingerprint density at radius 3 is 2.41 bits per heavy atom. The minimum absolute atomic E-state index is 0.0628. The van der Waals surface area contributed by atoms with Crippen LogP contribution in [0.25, 0.3) is 11.4 Å². The van der Waals surface area contributed by atoms with Crippen molar-refractivity contribution < 1.29 is 19.0 Å². The molecule has 1 atom stereocenters. The van der Waals surface area contributed by atoms with Crippen molar-refractivity contribution in [2.75, 3.05) is 26.6 Å². The monoisotopic (exact) mass is 500 g/mol. The zero-order valence-corrected chi connectivity index (χ0v) is 20.3. The van der Waals surface area contributed by atoms with Crippen LogP contribution in [0, 0.1) is 0 Å². The number of allylic oxidation sites excluding steroid dienone is 2. The number of hydrogen-bond acceptors (Lipinski definition) is 7. The van der Waals surface area contributed by atoms with Gasteiger partial charge in [-0.05, 0) is 37.1 Å². The van der Waals surface area contributed by atoms with Gasteiger partial charge in [-0.25, -0.2) is 4.68 Å². The second-order valence-electron chi connectivity index (χ2n) is 7.98. The molecule has 0 spiro atoms. The SMILES string of the molecule is COc1cc(OC)c(C2C3=C(CCCC3=O)Nc3nc(-c4ccc(Cl)c(Cl)c4)nn32)cc1OC. The smallest absolute Gasteiger partial charge is 0.226 e. The molecule has 1 aromatic heterocycles. The van der Waals surface area contributed by atoms with Gasteiger partial charge in [0.15, 0.2) is 23.1 Å². The van der Waals surface area contributed by atoms with Crippen molar-refractivity contribution in [3.63, 3.8) is 0 Å². The van der Waals surface area contributed by atoms with Crippen molar-refractivity contribution >= 4 is 34.9 Å². The first-order valence-corrected chi connectivity index (χ1v) is 11.5. The van der Waals surface area contributed by atoms with Crippen LogP contribution in [0.2, 0.25) is 10.0 Å². The fourth-order valence-electron chi connectivity index (χ4n) is 4.47. The molecule has 3 aromatic rings. The number of fused-ring (bicyclic) bond motifs is 1. The highest BCUT2D eigenvalue weighted by Crippen LogP contribution is 2.46. The molecule has 0 amide bonds. The molecule has 5 rings (SSSR count). The van der Waals surface area contributed by atoms with Gasteiger partial charge in [0.1, 0.15) is 11.8 Å². The molecule has 34 heavy (non-hydrogen) atoms. The van der Waals surface area contributed by atoms with Crippen LogP contribution in [0.3, 0.4) is 0 Å². The molecule has 2 aliphatic rings. The van der Waals surface area contributed by atoms with E-state index >= 15 is 0 Å². The number of rotatable bonds is 5. The van der Waals surface area contributed by atoms with Gasteiger partial charge in [0.25, 0.3) is 0 Å². The minimum atomic E-state index is -0.558. The molecule has 10 heteroatoms. The number of nitrogens with zero attached hydrogens (tertiary/aromatic N) is 3. The molecule has 0 bridgehead atoms. The van der Waals surface area contributed by atoms with Crippen molar-refractivity contribution in [3.05, 3.63) is 57.2 Å². The predicted molar refractivity (Wildman–Crippen MR) is 129 cm³/mol. The van der Waals surface area contributed by atoms with E-state index in [0.29, 0.717) is 56.6 Å². The largest absolute Gasteiger partial charge is 0.496 e. The molecule has 0 fully saturated rings. The van der Waals surface area contributed by atoms with Gasteiger partial charge in [0.05, 0.1) is 31.4 Å². The molecule has 0 saturated carbocycles. The van der Waals surface area contributed by atoms with Crippen molar-refractivity contribution in [2.24, 2.45) is 0 Å². The number of anilines is 1.